The SMILES string of the molecule is CCN(CCO)CC(=O)Nc1nc2c(s1)CCC2. The number of aliphatic hydroxyl groups excluding tert-OH is 1. The second kappa shape index (κ2) is 6.26. The van der Waals surface area contributed by atoms with Gasteiger partial charge in [-0.2, -0.15) is 0 Å². The first-order chi connectivity index (χ1) is 8.72. The molecular weight excluding hydrogens is 250 g/mol. The Labute approximate surface area is 111 Å². The van der Waals surface area contributed by atoms with Crippen LogP contribution >= 0.6 is 11.3 Å². The van der Waals surface area contributed by atoms with Crippen LogP contribution in [0.1, 0.15) is 23.9 Å². The molecular formula is C12H19N3O2S. The fourth-order valence-corrected chi connectivity index (χ4v) is 3.16. The summed E-state index contributed by atoms with van der Waals surface area (Å²) in [5, 5.41) is 12.4. The zero-order valence-corrected chi connectivity index (χ0v) is 11.4. The van der Waals surface area contributed by atoms with Crippen LogP contribution in [0, 0.1) is 0 Å². The van der Waals surface area contributed by atoms with E-state index in [1.165, 1.54) is 11.3 Å². The molecule has 1 aliphatic rings. The van der Waals surface area contributed by atoms with E-state index in [1.807, 2.05) is 11.8 Å². The fraction of sp³-hybridized carbons (Fsp3) is 0.667. The van der Waals surface area contributed by atoms with E-state index in [2.05, 4.69) is 10.3 Å². The number of likely N-dealkylation sites (N-methyl/N-ethyl adjacent to an activating group) is 1. The number of anilines is 1. The van der Waals surface area contributed by atoms with Gasteiger partial charge in [0.05, 0.1) is 18.8 Å². The van der Waals surface area contributed by atoms with Crippen LogP contribution in [0.25, 0.3) is 0 Å². The number of rotatable bonds is 6. The topological polar surface area (TPSA) is 65.5 Å². The van der Waals surface area contributed by atoms with Gasteiger partial charge in [-0.15, -0.1) is 11.3 Å². The number of amides is 1. The van der Waals surface area contributed by atoms with Crippen molar-refractivity contribution in [1.82, 2.24) is 9.88 Å². The van der Waals surface area contributed by atoms with Gasteiger partial charge in [-0.1, -0.05) is 6.92 Å². The third-order valence-electron chi connectivity index (χ3n) is 3.07. The summed E-state index contributed by atoms with van der Waals surface area (Å²) >= 11 is 1.59. The molecule has 1 amide bonds. The molecule has 1 heterocycles. The number of aromatic nitrogens is 1. The lowest BCUT2D eigenvalue weighted by atomic mass is 10.4. The Morgan fingerprint density at radius 3 is 3.06 bits per heavy atom. The van der Waals surface area contributed by atoms with Crippen molar-refractivity contribution in [1.29, 1.82) is 0 Å². The number of aliphatic hydroxyl groups is 1. The summed E-state index contributed by atoms with van der Waals surface area (Å²) in [6, 6.07) is 0. The molecule has 18 heavy (non-hydrogen) atoms. The second-order valence-corrected chi connectivity index (χ2v) is 5.47. The first kappa shape index (κ1) is 13.5. The van der Waals surface area contributed by atoms with E-state index in [0.717, 1.165) is 25.1 Å². The molecule has 0 spiro atoms. The molecule has 6 heteroatoms. The lowest BCUT2D eigenvalue weighted by molar-refractivity contribution is -0.117. The summed E-state index contributed by atoms with van der Waals surface area (Å²) in [5.41, 5.74) is 1.15. The zero-order valence-electron chi connectivity index (χ0n) is 10.6. The molecule has 2 N–H and O–H groups in total. The molecule has 0 bridgehead atoms. The van der Waals surface area contributed by atoms with Crippen LogP contribution in [-0.2, 0) is 17.6 Å². The molecule has 5 nitrogen and oxygen atoms in total. The van der Waals surface area contributed by atoms with Crippen LogP contribution < -0.4 is 5.32 Å². The standard InChI is InChI=1S/C12H19N3O2S/c1-2-15(6-7-16)8-11(17)14-12-13-9-4-3-5-10(9)18-12/h16H,2-8H2,1H3,(H,13,14,17). The molecule has 0 aliphatic heterocycles. The van der Waals surface area contributed by atoms with E-state index in [9.17, 15) is 4.79 Å². The van der Waals surface area contributed by atoms with E-state index in [-0.39, 0.29) is 12.5 Å². The van der Waals surface area contributed by atoms with Crippen molar-refractivity contribution in [3.8, 4) is 0 Å². The maximum atomic E-state index is 11.8. The molecule has 2 rings (SSSR count). The van der Waals surface area contributed by atoms with Crippen LogP contribution in [0.15, 0.2) is 0 Å². The van der Waals surface area contributed by atoms with Crippen molar-refractivity contribution < 1.29 is 9.90 Å². The Morgan fingerprint density at radius 1 is 1.56 bits per heavy atom. The van der Waals surface area contributed by atoms with Crippen LogP contribution in [-0.4, -0.2) is 47.1 Å². The van der Waals surface area contributed by atoms with Crippen LogP contribution in [0.3, 0.4) is 0 Å². The third-order valence-corrected chi connectivity index (χ3v) is 4.15. The van der Waals surface area contributed by atoms with Gasteiger partial charge in [0, 0.05) is 11.4 Å². The lowest BCUT2D eigenvalue weighted by Crippen LogP contribution is -2.35. The molecule has 0 fully saturated rings. The summed E-state index contributed by atoms with van der Waals surface area (Å²) in [6.07, 6.45) is 3.31. The molecule has 0 unspecified atom stereocenters. The quantitative estimate of drug-likeness (QED) is 0.805. The fourth-order valence-electron chi connectivity index (χ4n) is 2.10. The average molecular weight is 269 g/mol. The zero-order chi connectivity index (χ0) is 13.0. The maximum absolute atomic E-state index is 11.8. The molecule has 0 radical (unpaired) electrons. The Hall–Kier alpha value is -0.980. The van der Waals surface area contributed by atoms with Gasteiger partial charge in [-0.05, 0) is 25.8 Å². The van der Waals surface area contributed by atoms with Gasteiger partial charge >= 0.3 is 0 Å². The summed E-state index contributed by atoms with van der Waals surface area (Å²) in [5.74, 6) is -0.0577. The van der Waals surface area contributed by atoms with Gasteiger partial charge < -0.3 is 10.4 Å². The molecule has 0 saturated heterocycles. The summed E-state index contributed by atoms with van der Waals surface area (Å²) in [6.45, 7) is 3.63. The first-order valence-electron chi connectivity index (χ1n) is 6.34. The van der Waals surface area contributed by atoms with Gasteiger partial charge in [0.2, 0.25) is 5.91 Å². The summed E-state index contributed by atoms with van der Waals surface area (Å²) in [4.78, 5) is 19.5. The Kier molecular flexibility index (Phi) is 4.68. The highest BCUT2D eigenvalue weighted by molar-refractivity contribution is 7.15. The molecule has 1 aliphatic carbocycles. The summed E-state index contributed by atoms with van der Waals surface area (Å²) < 4.78 is 0. The van der Waals surface area contributed by atoms with E-state index < -0.39 is 0 Å². The normalized spacial score (nSPS) is 13.9. The third kappa shape index (κ3) is 3.28. The minimum absolute atomic E-state index is 0.0577. The molecule has 1 aromatic rings. The number of fused-ring (bicyclic) bond motifs is 1. The smallest absolute Gasteiger partial charge is 0.240 e. The predicted molar refractivity (Wildman–Crippen MR) is 72.0 cm³/mol. The number of carbonyl (C=O) groups excluding carboxylic acids is 1. The van der Waals surface area contributed by atoms with Crippen LogP contribution in [0.5, 0.6) is 0 Å². The minimum Gasteiger partial charge on any atom is -0.395 e. The van der Waals surface area contributed by atoms with Crippen molar-refractivity contribution >= 4 is 22.4 Å². The van der Waals surface area contributed by atoms with Crippen molar-refractivity contribution in [2.75, 3.05) is 31.6 Å². The second-order valence-electron chi connectivity index (χ2n) is 4.38. The molecule has 0 aromatic carbocycles. The van der Waals surface area contributed by atoms with Gasteiger partial charge in [0.15, 0.2) is 5.13 Å². The van der Waals surface area contributed by atoms with Crippen molar-refractivity contribution in [3.05, 3.63) is 10.6 Å². The Morgan fingerprint density at radius 2 is 2.39 bits per heavy atom. The van der Waals surface area contributed by atoms with Crippen LogP contribution in [0.4, 0.5) is 5.13 Å². The monoisotopic (exact) mass is 269 g/mol. The molecule has 100 valence electrons. The van der Waals surface area contributed by atoms with E-state index in [4.69, 9.17) is 5.11 Å². The highest BCUT2D eigenvalue weighted by atomic mass is 32.1. The van der Waals surface area contributed by atoms with Gasteiger partial charge in [0.25, 0.3) is 0 Å². The van der Waals surface area contributed by atoms with Crippen molar-refractivity contribution in [2.45, 2.75) is 26.2 Å². The Bertz CT molecular complexity index is 398. The van der Waals surface area contributed by atoms with E-state index >= 15 is 0 Å². The number of hydrogen-bond donors (Lipinski definition) is 2. The summed E-state index contributed by atoms with van der Waals surface area (Å²) in [7, 11) is 0. The highest BCUT2D eigenvalue weighted by Crippen LogP contribution is 2.30. The number of nitrogens with zero attached hydrogens (tertiary/aromatic N) is 2. The Balaban J connectivity index is 1.86. The molecule has 1 aromatic heterocycles. The number of thiazole rings is 1. The highest BCUT2D eigenvalue weighted by Gasteiger charge is 2.18. The van der Waals surface area contributed by atoms with E-state index in [0.29, 0.717) is 18.2 Å². The average Bonchev–Trinajstić information content (AvgIpc) is 2.88. The lowest BCUT2D eigenvalue weighted by Gasteiger charge is -2.17. The largest absolute Gasteiger partial charge is 0.395 e. The number of carbonyl (C=O) groups is 1. The number of aryl methyl sites for hydroxylation is 2. The van der Waals surface area contributed by atoms with Crippen LogP contribution in [0.2, 0.25) is 0 Å². The molecule has 0 saturated carbocycles. The number of hydrogen-bond acceptors (Lipinski definition) is 5. The number of nitrogens with one attached hydrogen (secondary N) is 1. The van der Waals surface area contributed by atoms with E-state index in [1.54, 1.807) is 11.3 Å². The van der Waals surface area contributed by atoms with Gasteiger partial charge in [-0.25, -0.2) is 4.98 Å². The molecule has 0 atom stereocenters. The van der Waals surface area contributed by atoms with Crippen molar-refractivity contribution in [2.24, 2.45) is 0 Å². The van der Waals surface area contributed by atoms with Crippen molar-refractivity contribution in [3.63, 3.8) is 0 Å². The predicted octanol–water partition coefficient (Wildman–Crippen LogP) is 0.884. The van der Waals surface area contributed by atoms with Gasteiger partial charge in [-0.3, -0.25) is 9.69 Å². The maximum Gasteiger partial charge on any atom is 0.240 e. The first-order valence-corrected chi connectivity index (χ1v) is 7.16. The minimum atomic E-state index is -0.0577. The van der Waals surface area contributed by atoms with Gasteiger partial charge in [0.1, 0.15) is 0 Å².